The Hall–Kier alpha value is 3.02. The van der Waals surface area contributed by atoms with E-state index < -0.39 is 26.2 Å². The minimum absolute atomic E-state index is 0.0232. The second-order valence-corrected chi connectivity index (χ2v) is 12.8. The maximum Gasteiger partial charge on any atom is 0.703 e. The van der Waals surface area contributed by atoms with E-state index in [9.17, 15) is 0 Å². The molecule has 0 radical (unpaired) electrons. The molecule has 0 unspecified atom stereocenters. The summed E-state index contributed by atoms with van der Waals surface area (Å²) < 4.78 is 11.0. The molecule has 0 aromatic rings. The molecule has 0 bridgehead atoms. The summed E-state index contributed by atoms with van der Waals surface area (Å²) in [5.41, 5.74) is 0.0232. The Morgan fingerprint density at radius 2 is 0.950 bits per heavy atom. The van der Waals surface area contributed by atoms with Crippen molar-refractivity contribution in [3.63, 3.8) is 0 Å². The Kier molecular flexibility index (Phi) is 11.6. The largest absolute Gasteiger partial charge is 0.703 e. The molecule has 0 aliphatic carbocycles. The Bertz CT molecular complexity index is 256. The van der Waals surface area contributed by atoms with E-state index in [-0.39, 0.29) is 25.3 Å². The topological polar surface area (TPSA) is 27.7 Å². The van der Waals surface area contributed by atoms with E-state index in [1.165, 1.54) is 0 Å². The fraction of sp³-hybridized carbons (Fsp3) is 1.00. The minimum atomic E-state index is -2.43. The number of ether oxygens (including phenoxy) is 1. The fourth-order valence-electron chi connectivity index (χ4n) is 0.790. The third-order valence-corrected chi connectivity index (χ3v) is 3.95. The molecular formula is C7H8AlCl9O3. The quantitative estimate of drug-likeness (QED) is 0.367. The van der Waals surface area contributed by atoms with Crippen LogP contribution < -0.4 is 0 Å². The molecule has 0 amide bonds. The molecule has 20 heavy (non-hydrogen) atoms. The molecule has 120 valence electrons. The number of alkyl halides is 9. The SMILES string of the molecule is ClC(Cl)(Cl)CO[CH2][Al]([O]CC(Cl)(Cl)Cl)[O]CC(Cl)(Cl)Cl. The zero-order valence-electron chi connectivity index (χ0n) is 9.53. The van der Waals surface area contributed by atoms with Gasteiger partial charge in [0.05, 0.1) is 25.3 Å². The predicted molar refractivity (Wildman–Crippen MR) is 89.3 cm³/mol. The van der Waals surface area contributed by atoms with Crippen molar-refractivity contribution in [2.75, 3.05) is 25.3 Å². The monoisotopic (exact) mass is 482 g/mol. The number of halogens is 9. The van der Waals surface area contributed by atoms with Gasteiger partial charge in [0.15, 0.2) is 0 Å². The lowest BCUT2D eigenvalue weighted by atomic mass is 10.8. The van der Waals surface area contributed by atoms with Crippen LogP contribution in [-0.2, 0) is 12.3 Å². The van der Waals surface area contributed by atoms with Crippen LogP contribution in [0, 0.1) is 0 Å². The van der Waals surface area contributed by atoms with E-state index in [0.29, 0.717) is 0 Å². The minimum Gasteiger partial charge on any atom is -0.474 e. The van der Waals surface area contributed by atoms with Gasteiger partial charge in [0.1, 0.15) is 0 Å². The summed E-state index contributed by atoms with van der Waals surface area (Å²) in [6, 6.07) is 0. The highest BCUT2D eigenvalue weighted by Gasteiger charge is 2.34. The standard InChI is InChI=1S/C3H4Cl3O.2C2H2Cl3O.Al/c1-7-2-3(4,5)6;2*3-2(4,5)1-6;/h1-2H2;2*1H2;/q;2*-1;+2. The third kappa shape index (κ3) is 17.4. The highest BCUT2D eigenvalue weighted by atomic mass is 35.6. The molecule has 0 aromatic carbocycles. The molecule has 13 heteroatoms. The van der Waals surface area contributed by atoms with Gasteiger partial charge in [-0.2, -0.15) is 0 Å². The first-order chi connectivity index (χ1) is 8.79. The number of hydrogen-bond donors (Lipinski definition) is 0. The Morgan fingerprint density at radius 3 is 1.25 bits per heavy atom. The van der Waals surface area contributed by atoms with Gasteiger partial charge in [-0.1, -0.05) is 104 Å². The van der Waals surface area contributed by atoms with Gasteiger partial charge in [-0.05, 0) is 0 Å². The van der Waals surface area contributed by atoms with Crippen LogP contribution in [0.25, 0.3) is 0 Å². The van der Waals surface area contributed by atoms with Crippen LogP contribution in [0.4, 0.5) is 0 Å². The summed E-state index contributed by atoms with van der Waals surface area (Å²) in [5.74, 6) is 0. The zero-order valence-corrected chi connectivity index (χ0v) is 17.5. The van der Waals surface area contributed by atoms with Crippen LogP contribution in [0.3, 0.4) is 0 Å². The van der Waals surface area contributed by atoms with Gasteiger partial charge in [-0.3, -0.25) is 0 Å². The summed E-state index contributed by atoms with van der Waals surface area (Å²) in [4.78, 5) is 0. The third-order valence-electron chi connectivity index (χ3n) is 1.39. The number of rotatable bonds is 7. The molecule has 0 aliphatic rings. The smallest absolute Gasteiger partial charge is 0.474 e. The molecule has 0 saturated heterocycles. The average Bonchev–Trinajstić information content (AvgIpc) is 2.16. The number of hydrogen-bond acceptors (Lipinski definition) is 3. The van der Waals surface area contributed by atoms with Crippen molar-refractivity contribution >= 4 is 119 Å². The predicted octanol–water partition coefficient (Wildman–Crippen LogP) is 5.17. The van der Waals surface area contributed by atoms with E-state index in [0.717, 1.165) is 0 Å². The summed E-state index contributed by atoms with van der Waals surface area (Å²) in [5, 5.41) is 0. The average molecular weight is 486 g/mol. The molecule has 0 atom stereocenters. The van der Waals surface area contributed by atoms with Crippen molar-refractivity contribution in [2.45, 2.75) is 11.4 Å². The highest BCUT2D eigenvalue weighted by Crippen LogP contribution is 2.29. The second kappa shape index (κ2) is 10.1. The summed E-state index contributed by atoms with van der Waals surface area (Å²) in [6.45, 7) is -0.563. The lowest BCUT2D eigenvalue weighted by Crippen LogP contribution is -2.36. The molecule has 3 nitrogen and oxygen atoms in total. The normalized spacial score (nSPS) is 13.7. The second-order valence-electron chi connectivity index (χ2n) is 3.41. The van der Waals surface area contributed by atoms with Crippen molar-refractivity contribution in [3.8, 4) is 0 Å². The van der Waals surface area contributed by atoms with Gasteiger partial charge in [-0.15, -0.1) is 0 Å². The summed E-state index contributed by atoms with van der Waals surface area (Å²) >= 11 is 47.5. The van der Waals surface area contributed by atoms with E-state index in [1.54, 1.807) is 0 Å². The van der Waals surface area contributed by atoms with Crippen LogP contribution in [0.5, 0.6) is 0 Å². The van der Waals surface area contributed by atoms with Gasteiger partial charge < -0.3 is 12.3 Å². The van der Waals surface area contributed by atoms with Crippen LogP contribution in [0.2, 0.25) is 0 Å². The van der Waals surface area contributed by atoms with E-state index >= 15 is 0 Å². The summed E-state index contributed by atoms with van der Waals surface area (Å²) in [7, 11) is 0. The maximum atomic E-state index is 5.56. The van der Waals surface area contributed by atoms with E-state index in [4.69, 9.17) is 117 Å². The van der Waals surface area contributed by atoms with Crippen LogP contribution in [-0.4, -0.2) is 51.5 Å². The summed E-state index contributed by atoms with van der Waals surface area (Å²) in [6.07, 6.45) is 0. The van der Waals surface area contributed by atoms with Gasteiger partial charge in [-0.25, -0.2) is 0 Å². The van der Waals surface area contributed by atoms with Gasteiger partial charge in [0, 0.05) is 0 Å². The lowest BCUT2D eigenvalue weighted by Gasteiger charge is -2.20. The van der Waals surface area contributed by atoms with Crippen LogP contribution in [0.1, 0.15) is 0 Å². The Morgan fingerprint density at radius 1 is 0.600 bits per heavy atom. The molecule has 0 spiro atoms. The Labute approximate surface area is 166 Å². The highest BCUT2D eigenvalue weighted by molar-refractivity contribution is 6.69. The zero-order chi connectivity index (χ0) is 16.0. The van der Waals surface area contributed by atoms with Crippen molar-refractivity contribution in [1.29, 1.82) is 0 Å². The first-order valence-electron chi connectivity index (χ1n) is 4.80. The van der Waals surface area contributed by atoms with Gasteiger partial charge >= 0.3 is 14.8 Å². The molecule has 0 aliphatic heterocycles. The van der Waals surface area contributed by atoms with Crippen molar-refractivity contribution in [1.82, 2.24) is 0 Å². The van der Waals surface area contributed by atoms with Gasteiger partial charge in [0.25, 0.3) is 0 Å². The van der Waals surface area contributed by atoms with E-state index in [1.807, 2.05) is 0 Å². The molecular weight excluding hydrogens is 478 g/mol. The maximum absolute atomic E-state index is 5.56. The molecule has 0 fully saturated rings. The molecule has 0 N–H and O–H groups in total. The molecule has 0 saturated carbocycles. The van der Waals surface area contributed by atoms with Crippen LogP contribution in [0.15, 0.2) is 0 Å². The van der Waals surface area contributed by atoms with E-state index in [2.05, 4.69) is 0 Å². The first-order valence-corrected chi connectivity index (χ1v) is 9.96. The fourth-order valence-corrected chi connectivity index (χ4v) is 3.50. The van der Waals surface area contributed by atoms with Crippen LogP contribution >= 0.6 is 104 Å². The molecule has 0 rings (SSSR count). The van der Waals surface area contributed by atoms with Crippen molar-refractivity contribution < 1.29 is 12.3 Å². The van der Waals surface area contributed by atoms with Crippen molar-refractivity contribution in [3.05, 3.63) is 0 Å². The Balaban J connectivity index is 4.25. The van der Waals surface area contributed by atoms with Crippen molar-refractivity contribution in [2.24, 2.45) is 0 Å². The molecule has 0 heterocycles. The van der Waals surface area contributed by atoms with Gasteiger partial charge in [0.2, 0.25) is 11.4 Å². The molecule has 0 aromatic heterocycles. The lowest BCUT2D eigenvalue weighted by molar-refractivity contribution is 0.123. The first kappa shape index (κ1) is 23.0.